The van der Waals surface area contributed by atoms with Gasteiger partial charge >= 0.3 is 0 Å². The fourth-order valence-electron chi connectivity index (χ4n) is 4.36. The first-order valence-electron chi connectivity index (χ1n) is 12.4. The largest absolute Gasteiger partial charge is 0.383 e. The number of hydrazine groups is 2. The van der Waals surface area contributed by atoms with E-state index in [1.165, 1.54) is 0 Å². The Bertz CT molecular complexity index is 1510. The molecule has 1 atom stereocenters. The normalized spacial score (nSPS) is 15.9. The van der Waals surface area contributed by atoms with Crippen LogP contribution >= 0.6 is 23.2 Å². The lowest BCUT2D eigenvalue weighted by molar-refractivity contribution is 0.260. The van der Waals surface area contributed by atoms with E-state index in [2.05, 4.69) is 64.5 Å². The van der Waals surface area contributed by atoms with Crippen LogP contribution in [0.1, 0.15) is 56.3 Å². The molecule has 8 nitrogen and oxygen atoms in total. The molecule has 1 aromatic heterocycles. The molecule has 2 aliphatic rings. The molecule has 0 bridgehead atoms. The maximum atomic E-state index is 9.79. The molecule has 2 aromatic carbocycles. The van der Waals surface area contributed by atoms with Gasteiger partial charge in [-0.05, 0) is 36.5 Å². The number of benzene rings is 2. The fraction of sp³-hybridized carbons (Fsp3) is 0.321. The van der Waals surface area contributed by atoms with E-state index in [1.54, 1.807) is 12.3 Å². The molecule has 0 radical (unpaired) electrons. The summed E-state index contributed by atoms with van der Waals surface area (Å²) in [7, 11) is 0. The van der Waals surface area contributed by atoms with E-state index in [-0.39, 0.29) is 5.41 Å². The highest BCUT2D eigenvalue weighted by atomic mass is 35.5. The van der Waals surface area contributed by atoms with Gasteiger partial charge in [0.15, 0.2) is 0 Å². The highest BCUT2D eigenvalue weighted by Gasteiger charge is 2.33. The number of nitrogens with one attached hydrogen (secondary N) is 4. The minimum absolute atomic E-state index is 0.00335. The lowest BCUT2D eigenvalue weighted by Crippen LogP contribution is -2.38. The molecular weight excluding hydrogens is 519 g/mol. The van der Waals surface area contributed by atoms with Gasteiger partial charge < -0.3 is 16.1 Å². The third-order valence-electron chi connectivity index (χ3n) is 6.47. The quantitative estimate of drug-likeness (QED) is 0.276. The Balaban J connectivity index is 1.60. The van der Waals surface area contributed by atoms with Gasteiger partial charge in [-0.1, -0.05) is 56.1 Å². The zero-order valence-corrected chi connectivity index (χ0v) is 22.9. The summed E-state index contributed by atoms with van der Waals surface area (Å²) in [5.41, 5.74) is 10.9. The molecule has 2 heterocycles. The molecule has 0 amide bonds. The summed E-state index contributed by atoms with van der Waals surface area (Å²) in [5, 5.41) is 30.0. The van der Waals surface area contributed by atoms with E-state index >= 15 is 0 Å². The molecular formula is C28H28Cl2N8. The van der Waals surface area contributed by atoms with Crippen molar-refractivity contribution in [2.45, 2.75) is 45.7 Å². The number of hydrogen-bond acceptors (Lipinski definition) is 8. The molecule has 3 aromatic rings. The van der Waals surface area contributed by atoms with Gasteiger partial charge in [-0.3, -0.25) is 9.99 Å². The minimum Gasteiger partial charge on any atom is -0.383 e. The van der Waals surface area contributed by atoms with Gasteiger partial charge in [0.1, 0.15) is 12.1 Å². The molecule has 4 N–H and O–H groups in total. The Morgan fingerprint density at radius 1 is 1.16 bits per heavy atom. The van der Waals surface area contributed by atoms with Crippen LogP contribution in [-0.4, -0.2) is 22.6 Å². The number of nitrogens with zero attached hydrogens (tertiary/aromatic N) is 4. The zero-order valence-electron chi connectivity index (χ0n) is 21.4. The van der Waals surface area contributed by atoms with E-state index in [0.717, 1.165) is 29.5 Å². The predicted molar refractivity (Wildman–Crippen MR) is 151 cm³/mol. The smallest absolute Gasteiger partial charge is 0.103 e. The lowest BCUT2D eigenvalue weighted by Gasteiger charge is -2.24. The number of fused-ring (bicyclic) bond motifs is 1. The van der Waals surface area contributed by atoms with Gasteiger partial charge in [0, 0.05) is 41.6 Å². The monoisotopic (exact) mass is 546 g/mol. The molecule has 1 saturated carbocycles. The summed E-state index contributed by atoms with van der Waals surface area (Å²) < 4.78 is 0. The topological polar surface area (TPSA) is 112 Å². The van der Waals surface area contributed by atoms with Gasteiger partial charge in [0.2, 0.25) is 0 Å². The SMILES string of the molecule is CC(C)(C)CNc1c(C#N)cnc2c(Cl)cc(NC(C3=CN(C4CC4)NN3)c3cccc(C#N)c3Cl)cc12. The second-order valence-corrected chi connectivity index (χ2v) is 11.6. The van der Waals surface area contributed by atoms with Crippen LogP contribution in [0.4, 0.5) is 11.4 Å². The number of nitriles is 2. The average molecular weight is 547 g/mol. The Kier molecular flexibility index (Phi) is 6.98. The number of aromatic nitrogens is 1. The van der Waals surface area contributed by atoms with E-state index < -0.39 is 6.04 Å². The third-order valence-corrected chi connectivity index (χ3v) is 7.18. The summed E-state index contributed by atoms with van der Waals surface area (Å²) in [6, 6.07) is 13.6. The first-order chi connectivity index (χ1) is 18.2. The van der Waals surface area contributed by atoms with Crippen LogP contribution in [0, 0.1) is 28.1 Å². The van der Waals surface area contributed by atoms with Crippen molar-refractivity contribution in [3.63, 3.8) is 0 Å². The molecule has 194 valence electrons. The first kappa shape index (κ1) is 25.9. The van der Waals surface area contributed by atoms with Gasteiger partial charge in [0.25, 0.3) is 0 Å². The molecule has 1 aliphatic carbocycles. The van der Waals surface area contributed by atoms with Crippen molar-refractivity contribution in [3.05, 3.63) is 75.2 Å². The summed E-state index contributed by atoms with van der Waals surface area (Å²) in [4.78, 5) is 4.47. The van der Waals surface area contributed by atoms with E-state index in [4.69, 9.17) is 23.2 Å². The number of pyridine rings is 1. The molecule has 38 heavy (non-hydrogen) atoms. The van der Waals surface area contributed by atoms with Crippen molar-refractivity contribution in [2.24, 2.45) is 5.41 Å². The van der Waals surface area contributed by atoms with E-state index in [0.29, 0.717) is 50.7 Å². The van der Waals surface area contributed by atoms with Gasteiger partial charge in [0.05, 0.1) is 44.1 Å². The van der Waals surface area contributed by atoms with Crippen LogP contribution < -0.4 is 21.6 Å². The maximum absolute atomic E-state index is 9.79. The summed E-state index contributed by atoms with van der Waals surface area (Å²) in [6.45, 7) is 7.04. The van der Waals surface area contributed by atoms with Crippen molar-refractivity contribution in [2.75, 3.05) is 17.2 Å². The second kappa shape index (κ2) is 10.2. The van der Waals surface area contributed by atoms with Crippen molar-refractivity contribution >= 4 is 45.5 Å². The van der Waals surface area contributed by atoms with Gasteiger partial charge in [-0.25, -0.2) is 0 Å². The van der Waals surface area contributed by atoms with Crippen molar-refractivity contribution in [1.82, 2.24) is 21.0 Å². The van der Waals surface area contributed by atoms with Crippen LogP contribution in [0.15, 0.2) is 48.4 Å². The van der Waals surface area contributed by atoms with Crippen molar-refractivity contribution in [3.8, 4) is 12.1 Å². The van der Waals surface area contributed by atoms with Crippen molar-refractivity contribution in [1.29, 1.82) is 10.5 Å². The highest BCUT2D eigenvalue weighted by molar-refractivity contribution is 6.36. The fourth-order valence-corrected chi connectivity index (χ4v) is 4.91. The summed E-state index contributed by atoms with van der Waals surface area (Å²) in [6.07, 6.45) is 5.83. The van der Waals surface area contributed by atoms with Gasteiger partial charge in [-0.2, -0.15) is 10.5 Å². The zero-order chi connectivity index (χ0) is 27.0. The van der Waals surface area contributed by atoms with E-state index in [1.807, 2.05) is 30.5 Å². The lowest BCUT2D eigenvalue weighted by atomic mass is 9.96. The molecule has 10 heteroatoms. The van der Waals surface area contributed by atoms with Crippen LogP contribution in [-0.2, 0) is 0 Å². The number of rotatable bonds is 7. The second-order valence-electron chi connectivity index (χ2n) is 10.8. The Hall–Kier alpha value is -3.69. The standard InChI is InChI=1S/C28H28Cl2N8/c1-28(2,3)15-34-25-17(12-32)13-33-26-21(25)9-18(10-22(26)29)35-27(20-6-4-5-16(11-31)24(20)30)23-14-38(37-36-23)19-7-8-19/h4-6,9-10,13-14,19,27,35-37H,7-8,15H2,1-3H3,(H,33,34). The van der Waals surface area contributed by atoms with Crippen LogP contribution in [0.5, 0.6) is 0 Å². The Morgan fingerprint density at radius 3 is 2.61 bits per heavy atom. The molecule has 0 saturated heterocycles. The molecule has 1 aliphatic heterocycles. The summed E-state index contributed by atoms with van der Waals surface area (Å²) in [5.74, 6) is 0. The number of anilines is 2. The number of halogens is 2. The highest BCUT2D eigenvalue weighted by Crippen LogP contribution is 2.38. The average Bonchev–Trinajstić information content (AvgIpc) is 3.62. The number of hydrogen-bond donors (Lipinski definition) is 4. The molecule has 0 spiro atoms. The van der Waals surface area contributed by atoms with Crippen molar-refractivity contribution < 1.29 is 0 Å². The van der Waals surface area contributed by atoms with Gasteiger partial charge in [-0.15, -0.1) is 5.53 Å². The Morgan fingerprint density at radius 2 is 1.92 bits per heavy atom. The minimum atomic E-state index is -0.418. The first-order valence-corrected chi connectivity index (χ1v) is 13.2. The van der Waals surface area contributed by atoms with Crippen LogP contribution in [0.25, 0.3) is 10.9 Å². The van der Waals surface area contributed by atoms with E-state index in [9.17, 15) is 10.5 Å². The van der Waals surface area contributed by atoms with Crippen LogP contribution in [0.3, 0.4) is 0 Å². The third kappa shape index (κ3) is 5.30. The maximum Gasteiger partial charge on any atom is 0.103 e. The molecule has 1 unspecified atom stereocenters. The Labute approximate surface area is 232 Å². The molecule has 5 rings (SSSR count). The van der Waals surface area contributed by atoms with Crippen LogP contribution in [0.2, 0.25) is 10.0 Å². The predicted octanol–water partition coefficient (Wildman–Crippen LogP) is 6.22. The molecule has 1 fully saturated rings. The summed E-state index contributed by atoms with van der Waals surface area (Å²) >= 11 is 13.4.